The second-order valence-electron chi connectivity index (χ2n) is 10.8. The molecule has 2 aliphatic rings. The number of piperidine rings is 1. The zero-order valence-corrected chi connectivity index (χ0v) is 23.7. The molecule has 0 unspecified atom stereocenters. The van der Waals surface area contributed by atoms with Crippen molar-refractivity contribution in [1.82, 2.24) is 14.8 Å². The van der Waals surface area contributed by atoms with Gasteiger partial charge in [-0.3, -0.25) is 9.80 Å². The summed E-state index contributed by atoms with van der Waals surface area (Å²) < 4.78 is 31.7. The largest absolute Gasteiger partial charge is 0.490 e. The molecule has 6 nitrogen and oxygen atoms in total. The van der Waals surface area contributed by atoms with Gasteiger partial charge in [0.25, 0.3) is 0 Å². The number of aliphatic carboxylic acids is 1. The van der Waals surface area contributed by atoms with Crippen molar-refractivity contribution in [1.29, 1.82) is 0 Å². The summed E-state index contributed by atoms with van der Waals surface area (Å²) in [6.07, 6.45) is 1.58. The van der Waals surface area contributed by atoms with Crippen molar-refractivity contribution in [3.8, 4) is 0 Å². The Balaban J connectivity index is 0.000000532. The standard InChI is InChI=1S/C27H39ClN4.C2HF3O2/c1-4-24-20-32(25-12-15-30(16-13-25)27-7-5-6-14-29-27)26(19-31(24)18-21(2)3)17-22-8-10-23(28)11-9-22;3-2(4,5)1(6)7/h5-11,14,21,24-26H,4,12-13,15-20H2,1-3H3;(H,6,7)/t24-,26-;/m0./s1. The molecule has 3 heterocycles. The minimum Gasteiger partial charge on any atom is -0.475 e. The summed E-state index contributed by atoms with van der Waals surface area (Å²) in [5.74, 6) is -0.933. The molecule has 10 heteroatoms. The van der Waals surface area contributed by atoms with Gasteiger partial charge in [-0.15, -0.1) is 0 Å². The molecule has 1 aromatic carbocycles. The molecule has 2 atom stereocenters. The third-order valence-electron chi connectivity index (χ3n) is 7.46. The second kappa shape index (κ2) is 14.3. The number of halogens is 4. The lowest BCUT2D eigenvalue weighted by atomic mass is 9.92. The van der Waals surface area contributed by atoms with Gasteiger partial charge in [0.15, 0.2) is 0 Å². The molecule has 0 bridgehead atoms. The molecule has 2 aliphatic heterocycles. The van der Waals surface area contributed by atoms with Gasteiger partial charge in [-0.1, -0.05) is 50.6 Å². The van der Waals surface area contributed by atoms with E-state index < -0.39 is 12.1 Å². The first-order valence-corrected chi connectivity index (χ1v) is 14.1. The Morgan fingerprint density at radius 1 is 1.08 bits per heavy atom. The van der Waals surface area contributed by atoms with Crippen LogP contribution in [-0.4, -0.2) is 82.9 Å². The fourth-order valence-electron chi connectivity index (χ4n) is 5.60. The summed E-state index contributed by atoms with van der Waals surface area (Å²) in [6, 6.07) is 16.6. The van der Waals surface area contributed by atoms with Crippen molar-refractivity contribution < 1.29 is 23.1 Å². The first kappa shape index (κ1) is 31.2. The number of carboxylic acids is 1. The van der Waals surface area contributed by atoms with Gasteiger partial charge in [0.05, 0.1) is 0 Å². The topological polar surface area (TPSA) is 59.9 Å². The number of hydrogen-bond donors (Lipinski definition) is 1. The predicted octanol–water partition coefficient (Wildman–Crippen LogP) is 6.00. The van der Waals surface area contributed by atoms with Crippen LogP contribution < -0.4 is 4.90 Å². The Kier molecular flexibility index (Phi) is 11.4. The smallest absolute Gasteiger partial charge is 0.475 e. The number of carbonyl (C=O) groups is 1. The fourth-order valence-corrected chi connectivity index (χ4v) is 5.73. The minimum atomic E-state index is -5.08. The molecule has 216 valence electrons. The van der Waals surface area contributed by atoms with Gasteiger partial charge >= 0.3 is 12.1 Å². The average molecular weight is 569 g/mol. The lowest BCUT2D eigenvalue weighted by molar-refractivity contribution is -0.192. The molecule has 4 rings (SSSR count). The number of aromatic nitrogens is 1. The minimum absolute atomic E-state index is 0.559. The summed E-state index contributed by atoms with van der Waals surface area (Å²) in [4.78, 5) is 21.6. The van der Waals surface area contributed by atoms with E-state index in [9.17, 15) is 13.2 Å². The van der Waals surface area contributed by atoms with Gasteiger partial charge in [-0.25, -0.2) is 9.78 Å². The molecule has 1 aromatic heterocycles. The normalized spacial score (nSPS) is 21.5. The van der Waals surface area contributed by atoms with Crippen LogP contribution in [0, 0.1) is 5.92 Å². The molecule has 39 heavy (non-hydrogen) atoms. The molecule has 0 radical (unpaired) electrons. The van der Waals surface area contributed by atoms with Crippen molar-refractivity contribution in [2.75, 3.05) is 37.6 Å². The number of piperazine rings is 1. The van der Waals surface area contributed by atoms with Crippen LogP contribution in [0.3, 0.4) is 0 Å². The average Bonchev–Trinajstić information content (AvgIpc) is 2.90. The van der Waals surface area contributed by atoms with Crippen LogP contribution in [0.2, 0.25) is 5.02 Å². The number of nitrogens with zero attached hydrogens (tertiary/aromatic N) is 4. The molecule has 2 saturated heterocycles. The van der Waals surface area contributed by atoms with E-state index in [4.69, 9.17) is 21.5 Å². The lowest BCUT2D eigenvalue weighted by Crippen LogP contribution is -2.63. The number of carboxylic acid groups (broad SMARTS) is 1. The maximum atomic E-state index is 10.6. The van der Waals surface area contributed by atoms with Gasteiger partial charge in [0.1, 0.15) is 5.82 Å². The van der Waals surface area contributed by atoms with Crippen LogP contribution >= 0.6 is 11.6 Å². The number of anilines is 1. The van der Waals surface area contributed by atoms with Crippen molar-refractivity contribution in [2.24, 2.45) is 5.92 Å². The summed E-state index contributed by atoms with van der Waals surface area (Å²) >= 11 is 6.16. The van der Waals surface area contributed by atoms with Crippen molar-refractivity contribution in [3.63, 3.8) is 0 Å². The fraction of sp³-hybridized carbons (Fsp3) is 0.586. The van der Waals surface area contributed by atoms with E-state index in [0.29, 0.717) is 24.0 Å². The summed E-state index contributed by atoms with van der Waals surface area (Å²) in [5, 5.41) is 7.95. The van der Waals surface area contributed by atoms with Crippen LogP contribution in [0.4, 0.5) is 19.0 Å². The van der Waals surface area contributed by atoms with Crippen LogP contribution in [0.5, 0.6) is 0 Å². The van der Waals surface area contributed by atoms with Gasteiger partial charge in [-0.2, -0.15) is 13.2 Å². The SMILES string of the molecule is CC[C@H]1CN(C2CCN(c3ccccn3)CC2)[C@@H](Cc2ccc(Cl)cc2)CN1CC(C)C.O=C(O)C(F)(F)F. The highest BCUT2D eigenvalue weighted by molar-refractivity contribution is 6.30. The second-order valence-corrected chi connectivity index (χ2v) is 11.2. The van der Waals surface area contributed by atoms with E-state index in [1.807, 2.05) is 24.4 Å². The summed E-state index contributed by atoms with van der Waals surface area (Å²) in [7, 11) is 0. The summed E-state index contributed by atoms with van der Waals surface area (Å²) in [5.41, 5.74) is 1.40. The molecule has 0 aliphatic carbocycles. The van der Waals surface area contributed by atoms with Crippen LogP contribution in [0.15, 0.2) is 48.7 Å². The van der Waals surface area contributed by atoms with Gasteiger partial charge < -0.3 is 10.0 Å². The van der Waals surface area contributed by atoms with Crippen molar-refractivity contribution in [3.05, 3.63) is 59.2 Å². The Morgan fingerprint density at radius 2 is 1.72 bits per heavy atom. The molecule has 0 saturated carbocycles. The summed E-state index contributed by atoms with van der Waals surface area (Å²) in [6.45, 7) is 12.8. The third kappa shape index (κ3) is 9.36. The van der Waals surface area contributed by atoms with Crippen LogP contribution in [0.25, 0.3) is 0 Å². The third-order valence-corrected chi connectivity index (χ3v) is 7.71. The molecule has 2 fully saturated rings. The highest BCUT2D eigenvalue weighted by Crippen LogP contribution is 2.29. The maximum Gasteiger partial charge on any atom is 0.490 e. The number of alkyl halides is 3. The Labute approximate surface area is 234 Å². The van der Waals surface area contributed by atoms with Gasteiger partial charge in [0.2, 0.25) is 0 Å². The van der Waals surface area contributed by atoms with Crippen molar-refractivity contribution in [2.45, 2.75) is 70.8 Å². The molecular weight excluding hydrogens is 529 g/mol. The first-order valence-electron chi connectivity index (χ1n) is 13.7. The van der Waals surface area contributed by atoms with E-state index >= 15 is 0 Å². The maximum absolute atomic E-state index is 10.6. The molecule has 2 aromatic rings. The van der Waals surface area contributed by atoms with Crippen LogP contribution in [-0.2, 0) is 11.2 Å². The molecule has 0 amide bonds. The Hall–Kier alpha value is -2.36. The predicted molar refractivity (Wildman–Crippen MR) is 149 cm³/mol. The zero-order valence-electron chi connectivity index (χ0n) is 22.9. The van der Waals surface area contributed by atoms with E-state index in [-0.39, 0.29) is 0 Å². The quantitative estimate of drug-likeness (QED) is 0.442. The highest BCUT2D eigenvalue weighted by Gasteiger charge is 2.39. The van der Waals surface area contributed by atoms with Crippen molar-refractivity contribution >= 4 is 23.4 Å². The lowest BCUT2D eigenvalue weighted by Gasteiger charge is -2.51. The number of benzene rings is 1. The van der Waals surface area contributed by atoms with Crippen LogP contribution in [0.1, 0.15) is 45.6 Å². The number of pyridine rings is 1. The number of hydrogen-bond acceptors (Lipinski definition) is 5. The molecule has 1 N–H and O–H groups in total. The van der Waals surface area contributed by atoms with Gasteiger partial charge in [-0.05, 0) is 61.4 Å². The first-order chi connectivity index (χ1) is 18.5. The van der Waals surface area contributed by atoms with E-state index in [1.165, 1.54) is 44.5 Å². The Morgan fingerprint density at radius 3 is 2.23 bits per heavy atom. The molecule has 0 spiro atoms. The molecular formula is C29H40ClF3N4O2. The van der Waals surface area contributed by atoms with Gasteiger partial charge in [0, 0.05) is 62.1 Å². The van der Waals surface area contributed by atoms with E-state index in [2.05, 4.69) is 64.7 Å². The Bertz CT molecular complexity index is 1020. The highest BCUT2D eigenvalue weighted by atomic mass is 35.5. The zero-order chi connectivity index (χ0) is 28.6. The monoisotopic (exact) mass is 568 g/mol. The number of rotatable bonds is 7. The van der Waals surface area contributed by atoms with E-state index in [0.717, 1.165) is 30.4 Å². The van der Waals surface area contributed by atoms with E-state index in [1.54, 1.807) is 0 Å².